The van der Waals surface area contributed by atoms with Gasteiger partial charge in [0.25, 0.3) is 0 Å². The van der Waals surface area contributed by atoms with Crippen LogP contribution in [-0.2, 0) is 4.79 Å². The van der Waals surface area contributed by atoms with Gasteiger partial charge in [-0.3, -0.25) is 4.79 Å². The first-order valence-electron chi connectivity index (χ1n) is 5.37. The Labute approximate surface area is 109 Å². The van der Waals surface area contributed by atoms with Crippen LogP contribution in [0.2, 0.25) is 0 Å². The van der Waals surface area contributed by atoms with E-state index in [2.05, 4.69) is 26.6 Å². The summed E-state index contributed by atoms with van der Waals surface area (Å²) in [5.74, 6) is -0.0937. The van der Waals surface area contributed by atoms with Crippen molar-refractivity contribution in [3.63, 3.8) is 0 Å². The summed E-state index contributed by atoms with van der Waals surface area (Å²) in [4.78, 5) is 11.5. The number of nitrogens with one attached hydrogen (secondary N) is 2. The Hall–Kier alpha value is -1.38. The lowest BCUT2D eigenvalue weighted by Gasteiger charge is -2.08. The number of amides is 1. The van der Waals surface area contributed by atoms with Crippen LogP contribution in [0.4, 0.5) is 5.69 Å². The molecule has 1 aromatic carbocycles. The number of carbonyl (C=O) groups is 1. The fourth-order valence-electron chi connectivity index (χ4n) is 1.26. The van der Waals surface area contributed by atoms with Crippen molar-refractivity contribution in [3.8, 4) is 6.07 Å². The van der Waals surface area contributed by atoms with Gasteiger partial charge < -0.3 is 10.6 Å². The zero-order chi connectivity index (χ0) is 12.7. The van der Waals surface area contributed by atoms with Gasteiger partial charge in [0.1, 0.15) is 0 Å². The molecule has 0 saturated carbocycles. The minimum absolute atomic E-state index is 0.0937. The van der Waals surface area contributed by atoms with Crippen LogP contribution in [0.1, 0.15) is 18.9 Å². The number of hydrogen-bond donors (Lipinski definition) is 2. The fraction of sp³-hybridized carbons (Fsp3) is 0.333. The van der Waals surface area contributed by atoms with Gasteiger partial charge in [-0.25, -0.2) is 0 Å². The predicted octanol–water partition coefficient (Wildman–Crippen LogP) is 2.26. The number of carbonyl (C=O) groups excluding carboxylic acids is 1. The summed E-state index contributed by atoms with van der Waals surface area (Å²) >= 11 is 3.31. The number of halogens is 1. The van der Waals surface area contributed by atoms with E-state index in [-0.39, 0.29) is 5.91 Å². The number of nitrogens with zero attached hydrogens (tertiary/aromatic N) is 1. The molecule has 0 bridgehead atoms. The number of hydrogen-bond acceptors (Lipinski definition) is 3. The summed E-state index contributed by atoms with van der Waals surface area (Å²) in [6.07, 6.45) is 0.994. The zero-order valence-electron chi connectivity index (χ0n) is 9.59. The Morgan fingerprint density at radius 2 is 2.29 bits per heavy atom. The van der Waals surface area contributed by atoms with E-state index in [4.69, 9.17) is 5.26 Å². The second-order valence-corrected chi connectivity index (χ2v) is 4.39. The van der Waals surface area contributed by atoms with Crippen LogP contribution < -0.4 is 10.6 Å². The Bertz CT molecular complexity index is 440. The van der Waals surface area contributed by atoms with Crippen molar-refractivity contribution in [2.24, 2.45) is 0 Å². The molecule has 0 unspecified atom stereocenters. The van der Waals surface area contributed by atoms with Crippen LogP contribution in [0.15, 0.2) is 22.7 Å². The molecule has 0 aliphatic rings. The minimum Gasteiger partial charge on any atom is -0.324 e. The maximum absolute atomic E-state index is 11.5. The summed E-state index contributed by atoms with van der Waals surface area (Å²) in [5, 5.41) is 14.5. The summed E-state index contributed by atoms with van der Waals surface area (Å²) in [6, 6.07) is 7.09. The average molecular weight is 296 g/mol. The van der Waals surface area contributed by atoms with E-state index in [0.29, 0.717) is 22.3 Å². The van der Waals surface area contributed by atoms with Gasteiger partial charge in [-0.1, -0.05) is 6.92 Å². The monoisotopic (exact) mass is 295 g/mol. The maximum atomic E-state index is 11.5. The molecule has 2 N–H and O–H groups in total. The summed E-state index contributed by atoms with van der Waals surface area (Å²) in [7, 11) is 0. The van der Waals surface area contributed by atoms with Crippen LogP contribution in [-0.4, -0.2) is 19.0 Å². The van der Waals surface area contributed by atoms with Gasteiger partial charge in [0.2, 0.25) is 5.91 Å². The van der Waals surface area contributed by atoms with Crippen LogP contribution in [0.25, 0.3) is 0 Å². The second-order valence-electron chi connectivity index (χ2n) is 3.53. The van der Waals surface area contributed by atoms with Crippen molar-refractivity contribution in [1.29, 1.82) is 5.26 Å². The van der Waals surface area contributed by atoms with E-state index in [1.165, 1.54) is 0 Å². The second kappa shape index (κ2) is 7.05. The Morgan fingerprint density at radius 1 is 1.53 bits per heavy atom. The first-order chi connectivity index (χ1) is 8.17. The molecule has 17 heavy (non-hydrogen) atoms. The van der Waals surface area contributed by atoms with Crippen molar-refractivity contribution in [2.45, 2.75) is 13.3 Å². The highest BCUT2D eigenvalue weighted by molar-refractivity contribution is 9.10. The van der Waals surface area contributed by atoms with Gasteiger partial charge >= 0.3 is 0 Å². The van der Waals surface area contributed by atoms with Crippen molar-refractivity contribution < 1.29 is 4.79 Å². The molecule has 0 aromatic heterocycles. The third kappa shape index (κ3) is 4.55. The molecule has 5 heteroatoms. The first kappa shape index (κ1) is 13.7. The van der Waals surface area contributed by atoms with Gasteiger partial charge in [0, 0.05) is 4.47 Å². The summed E-state index contributed by atoms with van der Waals surface area (Å²) in [5.41, 5.74) is 1.23. The highest BCUT2D eigenvalue weighted by Crippen LogP contribution is 2.23. The predicted molar refractivity (Wildman–Crippen MR) is 70.6 cm³/mol. The Kier molecular flexibility index (Phi) is 5.67. The Balaban J connectivity index is 2.57. The van der Waals surface area contributed by atoms with E-state index in [0.717, 1.165) is 13.0 Å². The van der Waals surface area contributed by atoms with Crippen LogP contribution in [0, 0.1) is 11.3 Å². The molecule has 1 amide bonds. The molecule has 0 spiro atoms. The lowest BCUT2D eigenvalue weighted by atomic mass is 10.2. The molecule has 0 fully saturated rings. The lowest BCUT2D eigenvalue weighted by Crippen LogP contribution is -2.28. The number of anilines is 1. The van der Waals surface area contributed by atoms with Crippen LogP contribution in [0.3, 0.4) is 0 Å². The Morgan fingerprint density at radius 3 is 2.88 bits per heavy atom. The molecule has 0 atom stereocenters. The van der Waals surface area contributed by atoms with E-state index < -0.39 is 0 Å². The molecule has 0 saturated heterocycles. The van der Waals surface area contributed by atoms with Gasteiger partial charge in [-0.2, -0.15) is 5.26 Å². The standard InChI is InChI=1S/C12H14BrN3O/c1-2-5-15-8-12(17)16-11-4-3-9(7-14)6-10(11)13/h3-4,6,15H,2,5,8H2,1H3,(H,16,17). The van der Waals surface area contributed by atoms with E-state index >= 15 is 0 Å². The van der Waals surface area contributed by atoms with Gasteiger partial charge in [0.05, 0.1) is 23.9 Å². The third-order valence-electron chi connectivity index (χ3n) is 2.08. The molecule has 90 valence electrons. The normalized spacial score (nSPS) is 9.71. The highest BCUT2D eigenvalue weighted by Gasteiger charge is 2.05. The highest BCUT2D eigenvalue weighted by atomic mass is 79.9. The average Bonchev–Trinajstić information content (AvgIpc) is 2.32. The minimum atomic E-state index is -0.0937. The van der Waals surface area contributed by atoms with Crippen molar-refractivity contribution >= 4 is 27.5 Å². The van der Waals surface area contributed by atoms with Crippen molar-refractivity contribution in [2.75, 3.05) is 18.4 Å². The van der Waals surface area contributed by atoms with Crippen molar-refractivity contribution in [1.82, 2.24) is 5.32 Å². The quantitative estimate of drug-likeness (QED) is 0.819. The number of nitriles is 1. The molecule has 0 radical (unpaired) electrons. The smallest absolute Gasteiger partial charge is 0.238 e. The molecule has 1 aromatic rings. The topological polar surface area (TPSA) is 64.9 Å². The molecule has 1 rings (SSSR count). The van der Waals surface area contributed by atoms with Gasteiger partial charge in [0.15, 0.2) is 0 Å². The van der Waals surface area contributed by atoms with Gasteiger partial charge in [-0.05, 0) is 47.1 Å². The summed E-state index contributed by atoms with van der Waals surface area (Å²) in [6.45, 7) is 3.16. The van der Waals surface area contributed by atoms with Crippen LogP contribution in [0.5, 0.6) is 0 Å². The molecular weight excluding hydrogens is 282 g/mol. The largest absolute Gasteiger partial charge is 0.324 e. The van der Waals surface area contributed by atoms with E-state index in [9.17, 15) is 4.79 Å². The number of rotatable bonds is 5. The first-order valence-corrected chi connectivity index (χ1v) is 6.17. The molecular formula is C12H14BrN3O. The van der Waals surface area contributed by atoms with E-state index in [1.807, 2.05) is 13.0 Å². The van der Waals surface area contributed by atoms with Gasteiger partial charge in [-0.15, -0.1) is 0 Å². The lowest BCUT2D eigenvalue weighted by molar-refractivity contribution is -0.115. The fourth-order valence-corrected chi connectivity index (χ4v) is 1.74. The summed E-state index contributed by atoms with van der Waals surface area (Å²) < 4.78 is 0.709. The maximum Gasteiger partial charge on any atom is 0.238 e. The SMILES string of the molecule is CCCNCC(=O)Nc1ccc(C#N)cc1Br. The molecule has 0 aliphatic carbocycles. The third-order valence-corrected chi connectivity index (χ3v) is 2.74. The zero-order valence-corrected chi connectivity index (χ0v) is 11.2. The van der Waals surface area contributed by atoms with E-state index in [1.54, 1.807) is 18.2 Å². The number of benzene rings is 1. The van der Waals surface area contributed by atoms with Crippen molar-refractivity contribution in [3.05, 3.63) is 28.2 Å². The molecule has 0 heterocycles. The molecule has 4 nitrogen and oxygen atoms in total. The van der Waals surface area contributed by atoms with Crippen LogP contribution >= 0.6 is 15.9 Å². The molecule has 0 aliphatic heterocycles.